The van der Waals surface area contributed by atoms with Crippen LogP contribution in [-0.4, -0.2) is 25.7 Å². The molecule has 3 aromatic rings. The lowest BCUT2D eigenvalue weighted by Gasteiger charge is -2.09. The topological polar surface area (TPSA) is 46.9 Å². The molecule has 1 atom stereocenters. The van der Waals surface area contributed by atoms with Crippen molar-refractivity contribution in [3.05, 3.63) is 54.9 Å². The highest BCUT2D eigenvalue weighted by Gasteiger charge is 2.30. The maximum atomic E-state index is 12.2. The predicted molar refractivity (Wildman–Crippen MR) is 83.8 cm³/mol. The fourth-order valence-corrected chi connectivity index (χ4v) is 2.95. The van der Waals surface area contributed by atoms with Crippen LogP contribution in [0.1, 0.15) is 0 Å². The van der Waals surface area contributed by atoms with Gasteiger partial charge in [-0.05, 0) is 30.3 Å². The Morgan fingerprint density at radius 2 is 1.87 bits per heavy atom. The van der Waals surface area contributed by atoms with E-state index in [1.165, 1.54) is 0 Å². The molecule has 2 aromatic carbocycles. The van der Waals surface area contributed by atoms with Crippen molar-refractivity contribution >= 4 is 27.7 Å². The second-order valence-electron chi connectivity index (χ2n) is 4.86. The monoisotopic (exact) mass is 339 g/mol. The van der Waals surface area contributed by atoms with E-state index in [1.807, 2.05) is 34.9 Å². The van der Waals surface area contributed by atoms with Gasteiger partial charge in [-0.3, -0.25) is 4.57 Å². The molecule has 0 bridgehead atoms. The molecule has 0 saturated heterocycles. The number of fused-ring (bicyclic) bond motifs is 1. The number of hydrogen-bond acceptors (Lipinski definition) is 2. The van der Waals surface area contributed by atoms with E-state index >= 15 is 0 Å². The van der Waals surface area contributed by atoms with E-state index in [2.05, 4.69) is 9.71 Å². The lowest BCUT2D eigenvalue weighted by Crippen LogP contribution is -2.22. The van der Waals surface area contributed by atoms with Crippen molar-refractivity contribution in [1.29, 1.82) is 0 Å². The molecule has 0 amide bonds. The molecule has 1 N–H and O–H groups in total. The third kappa shape index (κ3) is 3.70. The van der Waals surface area contributed by atoms with Gasteiger partial charge in [0.05, 0.1) is 11.0 Å². The molecule has 1 aromatic heterocycles. The Kier molecular flexibility index (Phi) is 4.08. The number of alkyl halides is 3. The van der Waals surface area contributed by atoms with Gasteiger partial charge in [0.15, 0.2) is 0 Å². The quantitative estimate of drug-likeness (QED) is 0.788. The lowest BCUT2D eigenvalue weighted by atomic mass is 10.2. The number of nitrogens with one attached hydrogen (secondary N) is 1. The van der Waals surface area contributed by atoms with Crippen LogP contribution in [0, 0.1) is 0 Å². The van der Waals surface area contributed by atoms with Crippen molar-refractivity contribution in [3.63, 3.8) is 0 Å². The molecule has 0 fully saturated rings. The number of benzene rings is 2. The van der Waals surface area contributed by atoms with E-state index in [0.29, 0.717) is 11.2 Å². The molecular weight excluding hydrogens is 327 g/mol. The van der Waals surface area contributed by atoms with Crippen LogP contribution in [0.15, 0.2) is 54.9 Å². The zero-order valence-corrected chi connectivity index (χ0v) is 12.6. The van der Waals surface area contributed by atoms with Crippen molar-refractivity contribution in [1.82, 2.24) is 9.55 Å². The summed E-state index contributed by atoms with van der Waals surface area (Å²) in [4.78, 5) is 4.24. The van der Waals surface area contributed by atoms with E-state index in [9.17, 15) is 17.4 Å². The molecule has 0 aliphatic rings. The fraction of sp³-hybridized carbons (Fsp3) is 0.133. The standard InChI is InChI=1S/C15H12F3N3OS/c16-15(17,18)9-23(22)20-11-6-7-14-13(8-11)19-10-21(14)12-4-2-1-3-5-12/h1-8,10,20H,9H2. The largest absolute Gasteiger partial charge is 0.402 e. The summed E-state index contributed by atoms with van der Waals surface area (Å²) < 4.78 is 52.3. The molecule has 4 nitrogen and oxygen atoms in total. The SMILES string of the molecule is O=S(CC(F)(F)F)Nc1ccc2c(c1)ncn2-c1ccccc1. The number of halogens is 3. The number of imidazole rings is 1. The van der Waals surface area contributed by atoms with Gasteiger partial charge in [0, 0.05) is 11.4 Å². The molecule has 0 radical (unpaired) electrons. The Bertz CT molecular complexity index is 846. The Hall–Kier alpha value is -2.35. The second kappa shape index (κ2) is 6.04. The third-order valence-corrected chi connectivity index (χ3v) is 4.16. The number of hydrogen-bond donors (Lipinski definition) is 1. The van der Waals surface area contributed by atoms with Gasteiger partial charge in [-0.2, -0.15) is 13.2 Å². The van der Waals surface area contributed by atoms with Crippen LogP contribution >= 0.6 is 0 Å². The lowest BCUT2D eigenvalue weighted by molar-refractivity contribution is -0.105. The van der Waals surface area contributed by atoms with E-state index in [0.717, 1.165) is 11.2 Å². The molecular formula is C15H12F3N3OS. The average molecular weight is 339 g/mol. The highest BCUT2D eigenvalue weighted by atomic mass is 32.2. The normalized spacial score (nSPS) is 13.2. The summed E-state index contributed by atoms with van der Waals surface area (Å²) in [5.41, 5.74) is 2.67. The first-order valence-electron chi connectivity index (χ1n) is 6.67. The number of nitrogens with zero attached hydrogens (tertiary/aromatic N) is 2. The zero-order valence-electron chi connectivity index (χ0n) is 11.7. The summed E-state index contributed by atoms with van der Waals surface area (Å²) in [7, 11) is -2.22. The molecule has 0 spiro atoms. The maximum Gasteiger partial charge on any atom is 0.402 e. The van der Waals surface area contributed by atoms with Gasteiger partial charge in [-0.15, -0.1) is 0 Å². The Morgan fingerprint density at radius 1 is 1.13 bits per heavy atom. The molecule has 0 saturated carbocycles. The van der Waals surface area contributed by atoms with Gasteiger partial charge < -0.3 is 4.72 Å². The van der Waals surface area contributed by atoms with E-state index in [-0.39, 0.29) is 0 Å². The van der Waals surface area contributed by atoms with Crippen LogP contribution in [0.3, 0.4) is 0 Å². The van der Waals surface area contributed by atoms with Gasteiger partial charge >= 0.3 is 6.18 Å². The van der Waals surface area contributed by atoms with Crippen molar-refractivity contribution < 1.29 is 17.4 Å². The Morgan fingerprint density at radius 3 is 2.57 bits per heavy atom. The van der Waals surface area contributed by atoms with Gasteiger partial charge in [0.2, 0.25) is 0 Å². The zero-order chi connectivity index (χ0) is 16.4. The summed E-state index contributed by atoms with van der Waals surface area (Å²) >= 11 is 0. The van der Waals surface area contributed by atoms with Crippen LogP contribution < -0.4 is 4.72 Å². The molecule has 1 unspecified atom stereocenters. The number of anilines is 1. The Labute approximate surface area is 132 Å². The fourth-order valence-electron chi connectivity index (χ4n) is 2.19. The molecule has 0 aliphatic heterocycles. The van der Waals surface area contributed by atoms with Crippen molar-refractivity contribution in [2.45, 2.75) is 6.18 Å². The van der Waals surface area contributed by atoms with Crippen LogP contribution in [0.25, 0.3) is 16.7 Å². The van der Waals surface area contributed by atoms with Gasteiger partial charge in [-0.25, -0.2) is 9.19 Å². The molecule has 0 aliphatic carbocycles. The summed E-state index contributed by atoms with van der Waals surface area (Å²) in [5.74, 6) is -1.40. The second-order valence-corrected chi connectivity index (χ2v) is 6.04. The minimum atomic E-state index is -4.48. The van der Waals surface area contributed by atoms with Crippen molar-refractivity contribution in [2.75, 3.05) is 10.5 Å². The van der Waals surface area contributed by atoms with Crippen LogP contribution in [0.4, 0.5) is 18.9 Å². The minimum Gasteiger partial charge on any atom is -0.305 e. The van der Waals surface area contributed by atoms with Gasteiger partial charge in [0.1, 0.15) is 23.1 Å². The predicted octanol–water partition coefficient (Wildman–Crippen LogP) is 3.66. The summed E-state index contributed by atoms with van der Waals surface area (Å²) in [6.45, 7) is 0. The smallest absolute Gasteiger partial charge is 0.305 e. The van der Waals surface area contributed by atoms with E-state index in [4.69, 9.17) is 0 Å². The maximum absolute atomic E-state index is 12.2. The van der Waals surface area contributed by atoms with Crippen LogP contribution in [0.5, 0.6) is 0 Å². The highest BCUT2D eigenvalue weighted by molar-refractivity contribution is 7.86. The minimum absolute atomic E-state index is 0.332. The number of rotatable bonds is 4. The molecule has 120 valence electrons. The molecule has 23 heavy (non-hydrogen) atoms. The first-order valence-corrected chi connectivity index (χ1v) is 7.98. The third-order valence-electron chi connectivity index (χ3n) is 3.11. The summed E-state index contributed by atoms with van der Waals surface area (Å²) in [6, 6.07) is 14.4. The average Bonchev–Trinajstić information content (AvgIpc) is 2.89. The number of para-hydroxylation sites is 1. The highest BCUT2D eigenvalue weighted by Crippen LogP contribution is 2.23. The number of aromatic nitrogens is 2. The van der Waals surface area contributed by atoms with Crippen LogP contribution in [-0.2, 0) is 11.0 Å². The van der Waals surface area contributed by atoms with Crippen molar-refractivity contribution in [3.8, 4) is 5.69 Å². The Balaban J connectivity index is 1.86. The van der Waals surface area contributed by atoms with E-state index in [1.54, 1.807) is 24.5 Å². The van der Waals surface area contributed by atoms with E-state index < -0.39 is 22.9 Å². The van der Waals surface area contributed by atoms with Crippen molar-refractivity contribution in [2.24, 2.45) is 0 Å². The molecule has 3 rings (SSSR count). The first-order chi connectivity index (χ1) is 10.9. The van der Waals surface area contributed by atoms with Gasteiger partial charge in [-0.1, -0.05) is 18.2 Å². The first kappa shape index (κ1) is 15.5. The molecule has 1 heterocycles. The summed E-state index contributed by atoms with van der Waals surface area (Å²) in [5, 5.41) is 0. The molecule has 8 heteroatoms. The van der Waals surface area contributed by atoms with Crippen LogP contribution in [0.2, 0.25) is 0 Å². The summed E-state index contributed by atoms with van der Waals surface area (Å²) in [6.07, 6.45) is -2.84. The van der Waals surface area contributed by atoms with Gasteiger partial charge in [0.25, 0.3) is 0 Å².